The average Bonchev–Trinajstić information content (AvgIpc) is 2.87. The SMILES string of the molecule is CCCc1c(C(=O)NCCCN2CC(C)CC(C)C2)[nH]c(C)c1C(C)=O. The summed E-state index contributed by atoms with van der Waals surface area (Å²) in [5, 5.41) is 3.03. The van der Waals surface area contributed by atoms with Crippen LogP contribution in [0.4, 0.5) is 0 Å². The Morgan fingerprint density at radius 2 is 1.88 bits per heavy atom. The van der Waals surface area contributed by atoms with Gasteiger partial charge in [0, 0.05) is 30.9 Å². The molecule has 26 heavy (non-hydrogen) atoms. The van der Waals surface area contributed by atoms with Gasteiger partial charge in [-0.2, -0.15) is 0 Å². The zero-order valence-corrected chi connectivity index (χ0v) is 17.1. The monoisotopic (exact) mass is 361 g/mol. The number of hydrogen-bond acceptors (Lipinski definition) is 3. The second-order valence-electron chi connectivity index (χ2n) is 8.10. The van der Waals surface area contributed by atoms with Crippen molar-refractivity contribution in [1.29, 1.82) is 0 Å². The minimum absolute atomic E-state index is 0.0228. The van der Waals surface area contributed by atoms with Crippen LogP contribution in [-0.2, 0) is 6.42 Å². The Bertz CT molecular complexity index is 625. The smallest absolute Gasteiger partial charge is 0.268 e. The number of amides is 1. The molecule has 1 aromatic rings. The lowest BCUT2D eigenvalue weighted by atomic mass is 9.92. The van der Waals surface area contributed by atoms with Crippen LogP contribution >= 0.6 is 0 Å². The number of rotatable bonds is 8. The molecule has 5 heteroatoms. The number of ketones is 1. The van der Waals surface area contributed by atoms with Crippen molar-refractivity contribution < 1.29 is 9.59 Å². The van der Waals surface area contributed by atoms with Crippen molar-refractivity contribution in [3.05, 3.63) is 22.5 Å². The normalized spacial score (nSPS) is 21.0. The van der Waals surface area contributed by atoms with E-state index in [1.54, 1.807) is 6.92 Å². The van der Waals surface area contributed by atoms with Crippen LogP contribution in [-0.4, -0.2) is 47.8 Å². The number of aromatic amines is 1. The molecule has 2 heterocycles. The fourth-order valence-corrected chi connectivity index (χ4v) is 4.41. The summed E-state index contributed by atoms with van der Waals surface area (Å²) in [5.41, 5.74) is 2.92. The number of Topliss-reactive ketones (excluding diaryl/α,β-unsaturated/α-hetero) is 1. The van der Waals surface area contributed by atoms with Crippen molar-refractivity contribution in [2.45, 2.75) is 60.3 Å². The molecule has 0 saturated carbocycles. The Morgan fingerprint density at radius 1 is 1.23 bits per heavy atom. The first-order valence-corrected chi connectivity index (χ1v) is 10.1. The van der Waals surface area contributed by atoms with E-state index in [9.17, 15) is 9.59 Å². The average molecular weight is 362 g/mol. The van der Waals surface area contributed by atoms with E-state index >= 15 is 0 Å². The first-order valence-electron chi connectivity index (χ1n) is 10.1. The molecule has 0 spiro atoms. The van der Waals surface area contributed by atoms with Crippen LogP contribution in [0.25, 0.3) is 0 Å². The fraction of sp³-hybridized carbons (Fsp3) is 0.714. The van der Waals surface area contributed by atoms with Gasteiger partial charge in [0.1, 0.15) is 5.69 Å². The highest BCUT2D eigenvalue weighted by Gasteiger charge is 2.23. The highest BCUT2D eigenvalue weighted by molar-refractivity contribution is 6.02. The van der Waals surface area contributed by atoms with E-state index < -0.39 is 0 Å². The molecule has 5 nitrogen and oxygen atoms in total. The molecular formula is C21H35N3O2. The third kappa shape index (κ3) is 5.19. The van der Waals surface area contributed by atoms with Gasteiger partial charge >= 0.3 is 0 Å². The molecule has 2 atom stereocenters. The molecule has 2 rings (SSSR count). The number of carbonyl (C=O) groups excluding carboxylic acids is 2. The third-order valence-electron chi connectivity index (χ3n) is 5.25. The molecule has 2 unspecified atom stereocenters. The highest BCUT2D eigenvalue weighted by Crippen LogP contribution is 2.22. The Kier molecular flexibility index (Phi) is 7.44. The van der Waals surface area contributed by atoms with Gasteiger partial charge in [0.05, 0.1) is 0 Å². The minimum atomic E-state index is -0.0931. The van der Waals surface area contributed by atoms with Crippen molar-refractivity contribution in [2.75, 3.05) is 26.2 Å². The van der Waals surface area contributed by atoms with Crippen molar-refractivity contribution in [3.8, 4) is 0 Å². The maximum Gasteiger partial charge on any atom is 0.268 e. The van der Waals surface area contributed by atoms with E-state index in [0.29, 0.717) is 17.8 Å². The number of hydrogen-bond donors (Lipinski definition) is 2. The summed E-state index contributed by atoms with van der Waals surface area (Å²) in [6, 6.07) is 0. The quantitative estimate of drug-likeness (QED) is 0.549. The number of H-pyrrole nitrogens is 1. The molecule has 1 aliphatic heterocycles. The first kappa shape index (κ1) is 20.7. The van der Waals surface area contributed by atoms with Gasteiger partial charge in [0.25, 0.3) is 5.91 Å². The van der Waals surface area contributed by atoms with Gasteiger partial charge in [-0.3, -0.25) is 9.59 Å². The zero-order valence-electron chi connectivity index (χ0n) is 17.1. The second-order valence-corrected chi connectivity index (χ2v) is 8.10. The summed E-state index contributed by atoms with van der Waals surface area (Å²) in [4.78, 5) is 30.2. The van der Waals surface area contributed by atoms with Gasteiger partial charge in [0.15, 0.2) is 5.78 Å². The molecule has 1 aromatic heterocycles. The van der Waals surface area contributed by atoms with Crippen LogP contribution in [0.3, 0.4) is 0 Å². The lowest BCUT2D eigenvalue weighted by Crippen LogP contribution is -2.40. The van der Waals surface area contributed by atoms with Crippen LogP contribution in [0.5, 0.6) is 0 Å². The number of nitrogens with one attached hydrogen (secondary N) is 2. The van der Waals surface area contributed by atoms with E-state index in [1.807, 2.05) is 6.92 Å². The van der Waals surface area contributed by atoms with Crippen LogP contribution in [0, 0.1) is 18.8 Å². The standard InChI is InChI=1S/C21H35N3O2/c1-6-8-18-19(17(5)25)16(4)23-20(18)21(26)22-9-7-10-24-12-14(2)11-15(3)13-24/h14-15,23H,6-13H2,1-5H3,(H,22,26). The van der Waals surface area contributed by atoms with E-state index in [0.717, 1.165) is 62.0 Å². The molecule has 2 N–H and O–H groups in total. The van der Waals surface area contributed by atoms with Gasteiger partial charge in [-0.15, -0.1) is 0 Å². The Hall–Kier alpha value is -1.62. The molecule has 0 bridgehead atoms. The lowest BCUT2D eigenvalue weighted by Gasteiger charge is -2.34. The minimum Gasteiger partial charge on any atom is -0.354 e. The topological polar surface area (TPSA) is 65.2 Å². The maximum atomic E-state index is 12.6. The summed E-state index contributed by atoms with van der Waals surface area (Å²) in [6.07, 6.45) is 3.92. The number of aryl methyl sites for hydroxylation is 1. The molecule has 146 valence electrons. The fourth-order valence-electron chi connectivity index (χ4n) is 4.41. The van der Waals surface area contributed by atoms with Gasteiger partial charge in [-0.25, -0.2) is 0 Å². The molecule has 1 fully saturated rings. The Balaban J connectivity index is 1.90. The van der Waals surface area contributed by atoms with Crippen LogP contribution in [0.1, 0.15) is 79.1 Å². The Morgan fingerprint density at radius 3 is 2.46 bits per heavy atom. The first-order chi connectivity index (χ1) is 12.3. The molecule has 0 aliphatic carbocycles. The van der Waals surface area contributed by atoms with Gasteiger partial charge in [0.2, 0.25) is 0 Å². The van der Waals surface area contributed by atoms with Crippen LogP contribution in [0.2, 0.25) is 0 Å². The number of nitrogens with zero attached hydrogens (tertiary/aromatic N) is 1. The van der Waals surface area contributed by atoms with E-state index in [-0.39, 0.29) is 11.7 Å². The Labute approximate surface area is 157 Å². The van der Waals surface area contributed by atoms with E-state index in [1.165, 1.54) is 6.42 Å². The highest BCUT2D eigenvalue weighted by atomic mass is 16.2. The molecule has 1 amide bonds. The number of likely N-dealkylation sites (tertiary alicyclic amines) is 1. The molecule has 1 saturated heterocycles. The summed E-state index contributed by atoms with van der Waals surface area (Å²) in [5.74, 6) is 1.45. The second kappa shape index (κ2) is 9.36. The summed E-state index contributed by atoms with van der Waals surface area (Å²) in [6.45, 7) is 14.2. The lowest BCUT2D eigenvalue weighted by molar-refractivity contribution is 0.0941. The summed E-state index contributed by atoms with van der Waals surface area (Å²) in [7, 11) is 0. The van der Waals surface area contributed by atoms with E-state index in [2.05, 4.69) is 36.0 Å². The van der Waals surface area contributed by atoms with Crippen molar-refractivity contribution >= 4 is 11.7 Å². The third-order valence-corrected chi connectivity index (χ3v) is 5.25. The van der Waals surface area contributed by atoms with Gasteiger partial charge < -0.3 is 15.2 Å². The summed E-state index contributed by atoms with van der Waals surface area (Å²) < 4.78 is 0. The molecule has 0 aromatic carbocycles. The number of piperidine rings is 1. The van der Waals surface area contributed by atoms with Crippen molar-refractivity contribution in [3.63, 3.8) is 0 Å². The predicted octanol–water partition coefficient (Wildman–Crippen LogP) is 3.58. The maximum absolute atomic E-state index is 12.6. The van der Waals surface area contributed by atoms with Gasteiger partial charge in [-0.1, -0.05) is 27.2 Å². The molecule has 0 radical (unpaired) electrons. The van der Waals surface area contributed by atoms with Crippen LogP contribution < -0.4 is 5.32 Å². The van der Waals surface area contributed by atoms with Crippen molar-refractivity contribution in [1.82, 2.24) is 15.2 Å². The van der Waals surface area contributed by atoms with E-state index in [4.69, 9.17) is 0 Å². The van der Waals surface area contributed by atoms with Crippen molar-refractivity contribution in [2.24, 2.45) is 11.8 Å². The largest absolute Gasteiger partial charge is 0.354 e. The number of carbonyl (C=O) groups is 2. The zero-order chi connectivity index (χ0) is 19.3. The van der Waals surface area contributed by atoms with Crippen LogP contribution in [0.15, 0.2) is 0 Å². The molecule has 1 aliphatic rings. The predicted molar refractivity (Wildman–Crippen MR) is 106 cm³/mol. The summed E-state index contributed by atoms with van der Waals surface area (Å²) >= 11 is 0. The van der Waals surface area contributed by atoms with Gasteiger partial charge in [-0.05, 0) is 57.1 Å². The number of aromatic nitrogens is 1. The molecular weight excluding hydrogens is 326 g/mol.